The molecular formula is C12H19F3N2O3. The van der Waals surface area contributed by atoms with Crippen LogP contribution in [0.1, 0.15) is 38.5 Å². The van der Waals surface area contributed by atoms with Crippen LogP contribution in [0.15, 0.2) is 0 Å². The first kappa shape index (κ1) is 16.6. The van der Waals surface area contributed by atoms with Gasteiger partial charge in [0.2, 0.25) is 0 Å². The highest BCUT2D eigenvalue weighted by Crippen LogP contribution is 2.35. The van der Waals surface area contributed by atoms with E-state index in [1.807, 2.05) is 5.32 Å². The maximum Gasteiger partial charge on any atom is 0.408 e. The largest absolute Gasteiger partial charge is 0.481 e. The number of amides is 2. The number of nitrogens with one attached hydrogen (secondary N) is 2. The fourth-order valence-corrected chi connectivity index (χ4v) is 2.39. The third kappa shape index (κ3) is 5.66. The lowest BCUT2D eigenvalue weighted by Gasteiger charge is -2.27. The maximum atomic E-state index is 12.9. The van der Waals surface area contributed by atoms with Gasteiger partial charge < -0.3 is 15.7 Å². The number of carboxylic acid groups (broad SMARTS) is 1. The number of carboxylic acids is 1. The molecule has 0 radical (unpaired) electrons. The van der Waals surface area contributed by atoms with E-state index in [0.717, 1.165) is 12.8 Å². The zero-order chi connectivity index (χ0) is 15.2. The molecule has 0 bridgehead atoms. The monoisotopic (exact) mass is 296 g/mol. The average Bonchev–Trinajstić information content (AvgIpc) is 2.83. The van der Waals surface area contributed by atoms with Crippen molar-refractivity contribution in [1.82, 2.24) is 10.6 Å². The van der Waals surface area contributed by atoms with Crippen LogP contribution in [-0.2, 0) is 4.79 Å². The Morgan fingerprint density at radius 3 is 2.35 bits per heavy atom. The molecule has 0 heterocycles. The third-order valence-corrected chi connectivity index (χ3v) is 3.36. The van der Waals surface area contributed by atoms with E-state index in [1.54, 1.807) is 0 Å². The molecule has 0 spiro atoms. The molecule has 1 unspecified atom stereocenters. The zero-order valence-electron chi connectivity index (χ0n) is 11.0. The van der Waals surface area contributed by atoms with Crippen molar-refractivity contribution in [1.29, 1.82) is 0 Å². The molecule has 8 heteroatoms. The van der Waals surface area contributed by atoms with Gasteiger partial charge in [-0.25, -0.2) is 4.79 Å². The zero-order valence-corrected chi connectivity index (χ0v) is 11.0. The highest BCUT2D eigenvalue weighted by Gasteiger charge is 2.46. The fraction of sp³-hybridized carbons (Fsp3) is 0.833. The Labute approximate surface area is 114 Å². The highest BCUT2D eigenvalue weighted by atomic mass is 19.4. The standard InChI is InChI=1S/C12H19F3N2O3/c13-12(14,15)10(8-4-1-2-5-8)17-11(20)16-7-3-6-9(18)19/h8,10H,1-7H2,(H,18,19)(H2,16,17,20). The Morgan fingerprint density at radius 1 is 1.25 bits per heavy atom. The Morgan fingerprint density at radius 2 is 1.85 bits per heavy atom. The van der Waals surface area contributed by atoms with Gasteiger partial charge in [0.05, 0.1) is 0 Å². The number of urea groups is 1. The summed E-state index contributed by atoms with van der Waals surface area (Å²) in [7, 11) is 0. The molecule has 1 saturated carbocycles. The summed E-state index contributed by atoms with van der Waals surface area (Å²) in [5, 5.41) is 12.6. The van der Waals surface area contributed by atoms with Crippen LogP contribution in [0.5, 0.6) is 0 Å². The molecule has 1 aliphatic carbocycles. The van der Waals surface area contributed by atoms with E-state index < -0.39 is 30.1 Å². The molecule has 0 aromatic heterocycles. The van der Waals surface area contributed by atoms with E-state index in [1.165, 1.54) is 0 Å². The first-order valence-electron chi connectivity index (χ1n) is 6.63. The van der Waals surface area contributed by atoms with Crippen molar-refractivity contribution in [2.75, 3.05) is 6.54 Å². The fourth-order valence-electron chi connectivity index (χ4n) is 2.39. The second-order valence-corrected chi connectivity index (χ2v) is 4.96. The predicted molar refractivity (Wildman–Crippen MR) is 65.2 cm³/mol. The number of carbonyl (C=O) groups is 2. The Kier molecular flexibility index (Phi) is 6.09. The molecule has 0 saturated heterocycles. The molecular weight excluding hydrogens is 277 g/mol. The van der Waals surface area contributed by atoms with E-state index in [2.05, 4.69) is 5.32 Å². The van der Waals surface area contributed by atoms with Crippen LogP contribution in [0.25, 0.3) is 0 Å². The Hall–Kier alpha value is -1.47. The molecule has 20 heavy (non-hydrogen) atoms. The summed E-state index contributed by atoms with van der Waals surface area (Å²) in [6, 6.07) is -2.73. The summed E-state index contributed by atoms with van der Waals surface area (Å²) in [6.45, 7) is 0.0351. The summed E-state index contributed by atoms with van der Waals surface area (Å²) >= 11 is 0. The lowest BCUT2D eigenvalue weighted by Crippen LogP contribution is -2.52. The molecule has 3 N–H and O–H groups in total. The van der Waals surface area contributed by atoms with Gasteiger partial charge in [0.25, 0.3) is 0 Å². The summed E-state index contributed by atoms with van der Waals surface area (Å²) in [5.74, 6) is -1.58. The van der Waals surface area contributed by atoms with Crippen molar-refractivity contribution in [2.24, 2.45) is 5.92 Å². The van der Waals surface area contributed by atoms with E-state index in [0.29, 0.717) is 12.8 Å². The lowest BCUT2D eigenvalue weighted by atomic mass is 9.98. The minimum atomic E-state index is -4.46. The van der Waals surface area contributed by atoms with Crippen LogP contribution in [0, 0.1) is 5.92 Å². The maximum absolute atomic E-state index is 12.9. The average molecular weight is 296 g/mol. The molecule has 0 aliphatic heterocycles. The summed E-state index contributed by atoms with van der Waals surface area (Å²) in [6.07, 6.45) is -1.99. The van der Waals surface area contributed by atoms with Crippen molar-refractivity contribution in [2.45, 2.75) is 50.7 Å². The van der Waals surface area contributed by atoms with Gasteiger partial charge in [0, 0.05) is 13.0 Å². The highest BCUT2D eigenvalue weighted by molar-refractivity contribution is 5.74. The van der Waals surface area contributed by atoms with E-state index in [9.17, 15) is 22.8 Å². The molecule has 0 aromatic carbocycles. The van der Waals surface area contributed by atoms with Gasteiger partial charge in [0.15, 0.2) is 0 Å². The van der Waals surface area contributed by atoms with Crippen molar-refractivity contribution in [3.63, 3.8) is 0 Å². The van der Waals surface area contributed by atoms with Gasteiger partial charge in [-0.05, 0) is 25.2 Å². The lowest BCUT2D eigenvalue weighted by molar-refractivity contribution is -0.164. The van der Waals surface area contributed by atoms with Crippen LogP contribution < -0.4 is 10.6 Å². The van der Waals surface area contributed by atoms with Crippen LogP contribution >= 0.6 is 0 Å². The summed E-state index contributed by atoms with van der Waals surface area (Å²) < 4.78 is 38.7. The van der Waals surface area contributed by atoms with E-state index in [4.69, 9.17) is 5.11 Å². The third-order valence-electron chi connectivity index (χ3n) is 3.36. The minimum Gasteiger partial charge on any atom is -0.481 e. The van der Waals surface area contributed by atoms with Crippen molar-refractivity contribution < 1.29 is 27.9 Å². The van der Waals surface area contributed by atoms with E-state index >= 15 is 0 Å². The van der Waals surface area contributed by atoms with Crippen molar-refractivity contribution in [3.8, 4) is 0 Å². The van der Waals surface area contributed by atoms with Gasteiger partial charge in [-0.2, -0.15) is 13.2 Å². The minimum absolute atomic E-state index is 0.0351. The smallest absolute Gasteiger partial charge is 0.408 e. The number of hydrogen-bond donors (Lipinski definition) is 3. The SMILES string of the molecule is O=C(O)CCCNC(=O)NC(C1CCCC1)C(F)(F)F. The molecule has 1 rings (SSSR count). The van der Waals surface area contributed by atoms with Crippen molar-refractivity contribution >= 4 is 12.0 Å². The van der Waals surface area contributed by atoms with Gasteiger partial charge in [-0.15, -0.1) is 0 Å². The normalized spacial score (nSPS) is 17.8. The molecule has 1 aliphatic rings. The molecule has 116 valence electrons. The second kappa shape index (κ2) is 7.35. The topological polar surface area (TPSA) is 78.4 Å². The van der Waals surface area contributed by atoms with Crippen LogP contribution in [0.2, 0.25) is 0 Å². The quantitative estimate of drug-likeness (QED) is 0.658. The van der Waals surface area contributed by atoms with Gasteiger partial charge in [-0.1, -0.05) is 12.8 Å². The van der Waals surface area contributed by atoms with E-state index in [-0.39, 0.29) is 19.4 Å². The number of aliphatic carboxylic acids is 1. The van der Waals surface area contributed by atoms with Gasteiger partial charge in [-0.3, -0.25) is 4.79 Å². The van der Waals surface area contributed by atoms with Gasteiger partial charge >= 0.3 is 18.2 Å². The molecule has 5 nitrogen and oxygen atoms in total. The summed E-state index contributed by atoms with van der Waals surface area (Å²) in [4.78, 5) is 21.7. The molecule has 0 aromatic rings. The summed E-state index contributed by atoms with van der Waals surface area (Å²) in [5.41, 5.74) is 0. The second-order valence-electron chi connectivity index (χ2n) is 4.96. The molecule has 1 fully saturated rings. The molecule has 2 amide bonds. The number of carbonyl (C=O) groups excluding carboxylic acids is 1. The van der Waals surface area contributed by atoms with Crippen LogP contribution in [0.3, 0.4) is 0 Å². The number of halogens is 3. The van der Waals surface area contributed by atoms with Crippen LogP contribution in [-0.4, -0.2) is 35.9 Å². The van der Waals surface area contributed by atoms with Crippen LogP contribution in [0.4, 0.5) is 18.0 Å². The number of hydrogen-bond acceptors (Lipinski definition) is 2. The first-order valence-corrected chi connectivity index (χ1v) is 6.63. The van der Waals surface area contributed by atoms with Crippen molar-refractivity contribution in [3.05, 3.63) is 0 Å². The Bertz CT molecular complexity index is 341. The predicted octanol–water partition coefficient (Wildman–Crippen LogP) is 2.27. The molecule has 1 atom stereocenters. The number of alkyl halides is 3. The van der Waals surface area contributed by atoms with Gasteiger partial charge in [0.1, 0.15) is 6.04 Å². The Balaban J connectivity index is 2.40. The number of rotatable bonds is 6. The first-order chi connectivity index (χ1) is 9.30.